The van der Waals surface area contributed by atoms with Crippen LogP contribution in [0.15, 0.2) is 195 Å². The van der Waals surface area contributed by atoms with Crippen LogP contribution in [-0.4, -0.2) is 168 Å². The van der Waals surface area contributed by atoms with Crippen molar-refractivity contribution in [1.29, 1.82) is 0 Å². The van der Waals surface area contributed by atoms with Gasteiger partial charge in [-0.05, 0) is 260 Å². The highest BCUT2D eigenvalue weighted by molar-refractivity contribution is 6.76. The summed E-state index contributed by atoms with van der Waals surface area (Å²) in [5.41, 5.74) is 29.6. The number of carboxylic acids is 1. The summed E-state index contributed by atoms with van der Waals surface area (Å²) in [6.07, 6.45) is 31.2. The molecule has 4 aromatic carbocycles. The van der Waals surface area contributed by atoms with Crippen molar-refractivity contribution in [2.45, 2.75) is 242 Å². The third-order valence-electron chi connectivity index (χ3n) is 26.5. The van der Waals surface area contributed by atoms with E-state index in [9.17, 15) is 37.1 Å². The first kappa shape index (κ1) is 101. The monoisotopic (exact) mass is 2000 g/mol. The number of ether oxygens (including phenoxy) is 3. The van der Waals surface area contributed by atoms with E-state index in [-0.39, 0.29) is 59.0 Å². The molecule has 7 aliphatic rings. The van der Waals surface area contributed by atoms with Crippen LogP contribution in [0.3, 0.4) is 0 Å². The Kier molecular flexibility index (Phi) is 30.2. The van der Waals surface area contributed by atoms with E-state index in [1.54, 1.807) is 59.4 Å². The molecule has 0 radical (unpaired) electrons. The fourth-order valence-electron chi connectivity index (χ4n) is 17.4. The summed E-state index contributed by atoms with van der Waals surface area (Å²) in [6.45, 7) is 26.5. The Balaban J connectivity index is 0.000000124. The zero-order chi connectivity index (χ0) is 101. The number of nitrogens with one attached hydrogen (secondary N) is 3. The van der Waals surface area contributed by atoms with Gasteiger partial charge in [0.25, 0.3) is 11.8 Å². The van der Waals surface area contributed by atoms with E-state index >= 15 is 0 Å². The number of benzene rings is 4. The maximum absolute atomic E-state index is 13.8. The first-order chi connectivity index (χ1) is 69.3. The number of halogens is 4. The number of nitrogens with zero attached hydrogens (tertiary/aromatic N) is 15. The van der Waals surface area contributed by atoms with Gasteiger partial charge in [-0.2, -0.15) is 30.0 Å². The SMILES string of the molecule is CCc1cnc2ccc(-c3c(-c4ccc(F)cc4)nn(COCC[Si](C)(C)C)c3C3CC3)cn12.C[Si](C)(C)CCOCn1nc(-c2ccc(F)cc2)c(-c2ccc3ncc(C(=O)NC4CC4)n3c2)c1C1CC1.C[Si](C)(C)CCOCn1nc(-c2ccc(F)cc2)c(-c2ccc3ncc(C(=O)O)n3c2)c1C1CC1.NC1CC1.O=C(NC1CC1)c1cnc2ccc(-c3c(-c4ccc(F)cc4)n[nH]c3C3CC3)cn12.O=C=O. The van der Waals surface area contributed by atoms with Crippen LogP contribution in [0.5, 0.6) is 0 Å². The van der Waals surface area contributed by atoms with Crippen LogP contribution < -0.4 is 16.4 Å². The van der Waals surface area contributed by atoms with Crippen molar-refractivity contribution in [3.8, 4) is 89.5 Å². The largest absolute Gasteiger partial charge is 0.477 e. The summed E-state index contributed by atoms with van der Waals surface area (Å²) in [4.78, 5) is 71.1. The summed E-state index contributed by atoms with van der Waals surface area (Å²) < 4.78 is 86.4. The quantitative estimate of drug-likeness (QED) is 0.0145. The Hall–Kier alpha value is -13.5. The molecule has 23 rings (SSSR count). The van der Waals surface area contributed by atoms with Crippen molar-refractivity contribution in [2.24, 2.45) is 5.73 Å². The normalized spacial score (nSPS) is 15.1. The van der Waals surface area contributed by atoms with Crippen molar-refractivity contribution in [3.05, 3.63) is 264 Å². The number of amides is 2. The van der Waals surface area contributed by atoms with E-state index < -0.39 is 30.2 Å². The van der Waals surface area contributed by atoms with Crippen molar-refractivity contribution < 1.29 is 60.9 Å². The molecule has 12 heterocycles. The first-order valence-corrected chi connectivity index (χ1v) is 61.1. The molecule has 0 atom stereocenters. The second kappa shape index (κ2) is 43.2. The fraction of sp³-hybridized carbons (Fsp3) is 0.376. The Morgan fingerprint density at radius 1 is 0.396 bits per heavy atom. The third-order valence-corrected chi connectivity index (χ3v) is 31.6. The summed E-state index contributed by atoms with van der Waals surface area (Å²) >= 11 is 0. The number of hydrogen-bond donors (Lipinski definition) is 5. The predicted molar refractivity (Wildman–Crippen MR) is 553 cm³/mol. The number of aromatic amines is 1. The van der Waals surface area contributed by atoms with Crippen LogP contribution >= 0.6 is 0 Å². The highest BCUT2D eigenvalue weighted by Gasteiger charge is 2.39. The minimum absolute atomic E-state index is 0.0974. The van der Waals surface area contributed by atoms with E-state index in [1.807, 2.05) is 85.3 Å². The number of carbonyl (C=O) groups is 3. The molecular formula is C109H123F4N19O9Si3. The molecule has 7 saturated carbocycles. The van der Waals surface area contributed by atoms with Crippen molar-refractivity contribution in [2.75, 3.05) is 19.8 Å². The number of aromatic nitrogens is 16. The number of carbonyl (C=O) groups excluding carboxylic acids is 4. The Bertz CT molecular complexity index is 7340. The van der Waals surface area contributed by atoms with E-state index in [0.29, 0.717) is 85.8 Å². The van der Waals surface area contributed by atoms with Gasteiger partial charge in [0.15, 0.2) is 5.69 Å². The Morgan fingerprint density at radius 3 is 0.979 bits per heavy atom. The standard InChI is InChI=1S/C29H34FN5O2Si.C27H33FN4OSi.C26H29FN4O3Si.C23H20FN5O.C3H7N.CO2/c1-38(2,3)15-14-37-18-35-28(20-4-5-20)26(27(33-35)19-6-9-22(30)10-7-19)21-8-13-25-31-16-24(34(25)17-21)29(36)32-23-11-12-23;1-5-23-16-29-24-13-10-21(17-31(23)24)25-26(19-8-11-22(28)12-9-19)30-32(27(25)20-6-7-20)18-33-14-15-34(2,3)4;1-35(2,3)13-12-34-16-31-25(18-4-5-18)23(24(29-31)17-6-9-20(27)10-7-17)19-8-11-22-28-14-21(26(32)33)30(22)15-19;24-16-6-3-14(4-7-16)22-20(21(27-28-22)13-1-2-13)15-5-10-19-25-11-18(29(19)12-15)23(30)26-17-8-9-17;4-3-1-2-3;2-1-3/h6-10,13,16-17,20,23H,4-5,11-12,14-15,18H2,1-3H3,(H,32,36);8-13,16-17,20H,5-7,14-15,18H2,1-4H3;6-11,14-15,18H,4-5,12-13,16H2,1-3H3,(H,32,33);3-7,10-13,17H,1-2,8-9H2,(H,26,30)(H,27,28);3H,1-2,4H2;. The molecule has 748 valence electrons. The Morgan fingerprint density at radius 2 is 0.681 bits per heavy atom. The number of aryl methyl sites for hydroxylation is 1. The molecule has 0 saturated heterocycles. The number of hydrogen-bond acceptors (Lipinski definition) is 17. The van der Waals surface area contributed by atoms with Crippen LogP contribution in [0.1, 0.15) is 180 Å². The van der Waals surface area contributed by atoms with Crippen LogP contribution in [0.25, 0.3) is 112 Å². The second-order valence-corrected chi connectivity index (χ2v) is 59.1. The summed E-state index contributed by atoms with van der Waals surface area (Å²) in [5.74, 6) is -0.676. The molecule has 0 bridgehead atoms. The van der Waals surface area contributed by atoms with E-state index in [2.05, 4.69) is 134 Å². The lowest BCUT2D eigenvalue weighted by Gasteiger charge is -2.16. The van der Waals surface area contributed by atoms with Gasteiger partial charge in [0.05, 0.1) is 35.7 Å². The molecule has 28 nitrogen and oxygen atoms in total. The highest BCUT2D eigenvalue weighted by atomic mass is 28.3. The molecule has 0 aliphatic heterocycles. The zero-order valence-corrected chi connectivity index (χ0v) is 86.0. The van der Waals surface area contributed by atoms with Gasteiger partial charge in [-0.25, -0.2) is 56.3 Å². The maximum Gasteiger partial charge on any atom is 0.373 e. The molecule has 35 heteroatoms. The summed E-state index contributed by atoms with van der Waals surface area (Å²) in [5, 5.41) is 38.5. The van der Waals surface area contributed by atoms with E-state index in [1.165, 1.54) is 79.0 Å². The fourth-order valence-corrected chi connectivity index (χ4v) is 19.7. The molecule has 7 aliphatic carbocycles. The Labute approximate surface area is 835 Å². The lowest BCUT2D eigenvalue weighted by atomic mass is 9.98. The predicted octanol–water partition coefficient (Wildman–Crippen LogP) is 22.6. The zero-order valence-electron chi connectivity index (χ0n) is 83.0. The number of carboxylic acid groups (broad SMARTS) is 1. The number of aromatic carboxylic acids is 1. The number of imidazole rings is 4. The molecule has 144 heavy (non-hydrogen) atoms. The van der Waals surface area contributed by atoms with Gasteiger partial charge >= 0.3 is 12.1 Å². The molecule has 16 aromatic rings. The van der Waals surface area contributed by atoms with Gasteiger partial charge in [-0.3, -0.25) is 27.9 Å². The van der Waals surface area contributed by atoms with E-state index in [4.69, 9.17) is 44.8 Å². The molecule has 6 N–H and O–H groups in total. The number of rotatable bonds is 33. The van der Waals surface area contributed by atoms with Gasteiger partial charge in [-0.15, -0.1) is 0 Å². The molecular weight excluding hydrogens is 1880 g/mol. The molecule has 0 unspecified atom stereocenters. The first-order valence-electron chi connectivity index (χ1n) is 50.0. The smallest absolute Gasteiger partial charge is 0.373 e. The highest BCUT2D eigenvalue weighted by Crippen LogP contribution is 2.53. The van der Waals surface area contributed by atoms with Crippen LogP contribution in [0, 0.1) is 23.3 Å². The van der Waals surface area contributed by atoms with Crippen LogP contribution in [0.4, 0.5) is 17.6 Å². The van der Waals surface area contributed by atoms with Crippen molar-refractivity contribution in [3.63, 3.8) is 0 Å². The van der Waals surface area contributed by atoms with Crippen molar-refractivity contribution >= 4 is 70.7 Å². The third kappa shape index (κ3) is 24.7. The van der Waals surface area contributed by atoms with Gasteiger partial charge in [0, 0.05) is 195 Å². The average Bonchev–Trinajstić information content (AvgIpc) is 1.59. The van der Waals surface area contributed by atoms with Gasteiger partial charge < -0.3 is 40.1 Å². The minimum Gasteiger partial charge on any atom is -0.477 e. The molecule has 7 fully saturated rings. The lowest BCUT2D eigenvalue weighted by molar-refractivity contribution is -0.191. The topological polar surface area (TPSA) is 335 Å². The minimum atomic E-state index is -1.22. The number of fused-ring (bicyclic) bond motifs is 4. The van der Waals surface area contributed by atoms with Crippen LogP contribution in [-0.2, 0) is 50.4 Å². The van der Waals surface area contributed by atoms with Crippen LogP contribution in [0.2, 0.25) is 77.1 Å². The van der Waals surface area contributed by atoms with Gasteiger partial charge in [0.1, 0.15) is 100 Å². The van der Waals surface area contributed by atoms with E-state index in [0.717, 1.165) is 226 Å². The number of H-pyrrole nitrogens is 1. The molecule has 0 spiro atoms. The summed E-state index contributed by atoms with van der Waals surface area (Å²) in [7, 11) is -3.59. The number of pyridine rings is 4. The average molecular weight is 2000 g/mol. The van der Waals surface area contributed by atoms with Gasteiger partial charge in [-0.1, -0.05) is 65.8 Å². The molecule has 12 aromatic heterocycles. The number of nitrogens with two attached hydrogens (primary N) is 1. The van der Waals surface area contributed by atoms with Crippen molar-refractivity contribution in [1.82, 2.24) is 87.7 Å². The molecule has 2 amide bonds. The second-order valence-electron chi connectivity index (χ2n) is 42.2. The summed E-state index contributed by atoms with van der Waals surface area (Å²) in [6, 6.07) is 46.2. The van der Waals surface area contributed by atoms with Gasteiger partial charge in [0.2, 0.25) is 0 Å². The lowest BCUT2D eigenvalue weighted by Crippen LogP contribution is -2.26. The maximum atomic E-state index is 13.8.